The quantitative estimate of drug-likeness (QED) is 0.229. The molecule has 0 radical (unpaired) electrons. The van der Waals surface area contributed by atoms with Crippen LogP contribution in [0.25, 0.3) is 0 Å². The minimum Gasteiger partial charge on any atom is -0.454 e. The molecular formula is C20H18ClN3O4S. The Morgan fingerprint density at radius 3 is 2.45 bits per heavy atom. The van der Waals surface area contributed by atoms with Gasteiger partial charge in [-0.15, -0.1) is 0 Å². The maximum Gasteiger partial charge on any atom is 0.275 e. The molecule has 0 unspecified atom stereocenters. The highest BCUT2D eigenvalue weighted by molar-refractivity contribution is 7.83. The lowest BCUT2D eigenvalue weighted by Crippen LogP contribution is -2.31. The van der Waals surface area contributed by atoms with E-state index in [0.29, 0.717) is 34.8 Å². The molecule has 2 aliphatic heterocycles. The summed E-state index contributed by atoms with van der Waals surface area (Å²) in [4.78, 5) is 11.0. The van der Waals surface area contributed by atoms with Gasteiger partial charge in [0.25, 0.3) is 5.69 Å². The van der Waals surface area contributed by atoms with E-state index < -0.39 is 0 Å². The summed E-state index contributed by atoms with van der Waals surface area (Å²) in [7, 11) is 0. The van der Waals surface area contributed by atoms with E-state index in [-0.39, 0.29) is 27.9 Å². The standard InChI is InChI=1S/C20H18ClN3O4S/c1-10-4-14(5-11(2)19(10)24(25)26)18-15-8-17-16(27-9-28-17)7-13(15)6-12(3)23(22-18)20(21)29/h4-5,7-8,12H,6,9H2,1-3H3/t12-/m1/s1. The van der Waals surface area contributed by atoms with Crippen molar-refractivity contribution in [1.82, 2.24) is 5.01 Å². The molecule has 0 saturated carbocycles. The first-order valence-corrected chi connectivity index (χ1v) is 9.81. The van der Waals surface area contributed by atoms with Gasteiger partial charge < -0.3 is 9.47 Å². The van der Waals surface area contributed by atoms with Crippen molar-refractivity contribution in [2.75, 3.05) is 6.79 Å². The topological polar surface area (TPSA) is 77.2 Å². The van der Waals surface area contributed by atoms with Crippen LogP contribution < -0.4 is 9.47 Å². The van der Waals surface area contributed by atoms with Crippen LogP contribution in [0.1, 0.15) is 34.7 Å². The molecule has 0 spiro atoms. The van der Waals surface area contributed by atoms with E-state index in [0.717, 1.165) is 16.7 Å². The number of thiocarbonyl (C=S) groups is 1. The van der Waals surface area contributed by atoms with Gasteiger partial charge in [-0.25, -0.2) is 5.01 Å². The Morgan fingerprint density at radius 2 is 1.86 bits per heavy atom. The number of hydrogen-bond acceptors (Lipinski definition) is 6. The van der Waals surface area contributed by atoms with Crippen molar-refractivity contribution in [1.29, 1.82) is 0 Å². The fourth-order valence-electron chi connectivity index (χ4n) is 3.84. The number of nitro groups is 1. The van der Waals surface area contributed by atoms with Crippen LogP contribution in [0.15, 0.2) is 29.4 Å². The predicted octanol–water partition coefficient (Wildman–Crippen LogP) is 4.46. The summed E-state index contributed by atoms with van der Waals surface area (Å²) in [6, 6.07) is 7.32. The first-order valence-electron chi connectivity index (χ1n) is 9.02. The number of ether oxygens (including phenoxy) is 2. The highest BCUT2D eigenvalue weighted by Crippen LogP contribution is 2.38. The van der Waals surface area contributed by atoms with Gasteiger partial charge >= 0.3 is 0 Å². The van der Waals surface area contributed by atoms with E-state index in [1.165, 1.54) is 0 Å². The van der Waals surface area contributed by atoms with E-state index in [4.69, 9.17) is 38.4 Å². The number of halogens is 1. The van der Waals surface area contributed by atoms with Crippen LogP contribution in [0.3, 0.4) is 0 Å². The molecule has 9 heteroatoms. The first-order chi connectivity index (χ1) is 13.8. The SMILES string of the molecule is Cc1cc(C2=NN(C(=S)Cl)[C@H](C)Cc3cc4c(cc32)OCO4)cc(C)c1[N+](=O)[O-]. The second-order valence-electron chi connectivity index (χ2n) is 7.18. The monoisotopic (exact) mass is 431 g/mol. The summed E-state index contributed by atoms with van der Waals surface area (Å²) >= 11 is 11.4. The summed E-state index contributed by atoms with van der Waals surface area (Å²) in [5.41, 5.74) is 4.49. The lowest BCUT2D eigenvalue weighted by Gasteiger charge is -2.22. The molecule has 150 valence electrons. The number of benzene rings is 2. The highest BCUT2D eigenvalue weighted by Gasteiger charge is 2.29. The molecule has 2 aromatic carbocycles. The molecule has 29 heavy (non-hydrogen) atoms. The van der Waals surface area contributed by atoms with E-state index >= 15 is 0 Å². The van der Waals surface area contributed by atoms with Gasteiger partial charge in [-0.3, -0.25) is 10.1 Å². The van der Waals surface area contributed by atoms with E-state index in [2.05, 4.69) is 0 Å². The molecule has 2 heterocycles. The van der Waals surface area contributed by atoms with Crippen LogP contribution in [-0.4, -0.2) is 32.9 Å². The Hall–Kier alpha value is -2.71. The fourth-order valence-corrected chi connectivity index (χ4v) is 4.27. The predicted molar refractivity (Wildman–Crippen MR) is 114 cm³/mol. The first kappa shape index (κ1) is 19.6. The molecule has 7 nitrogen and oxygen atoms in total. The third kappa shape index (κ3) is 3.42. The van der Waals surface area contributed by atoms with Crippen LogP contribution >= 0.6 is 23.8 Å². The van der Waals surface area contributed by atoms with Gasteiger partial charge in [0.2, 0.25) is 6.79 Å². The lowest BCUT2D eigenvalue weighted by atomic mass is 9.92. The fraction of sp³-hybridized carbons (Fsp3) is 0.300. The Balaban J connectivity index is 1.96. The van der Waals surface area contributed by atoms with Crippen molar-refractivity contribution < 1.29 is 14.4 Å². The molecule has 0 fully saturated rings. The van der Waals surface area contributed by atoms with Crippen molar-refractivity contribution in [3.05, 3.63) is 62.2 Å². The molecule has 0 N–H and O–H groups in total. The summed E-state index contributed by atoms with van der Waals surface area (Å²) < 4.78 is 11.2. The maximum absolute atomic E-state index is 11.4. The molecule has 0 aromatic heterocycles. The van der Waals surface area contributed by atoms with E-state index in [1.54, 1.807) is 31.0 Å². The third-order valence-corrected chi connectivity index (χ3v) is 5.48. The van der Waals surface area contributed by atoms with E-state index in [9.17, 15) is 10.1 Å². The minimum atomic E-state index is -0.363. The van der Waals surface area contributed by atoms with Crippen molar-refractivity contribution in [3.8, 4) is 11.5 Å². The normalized spacial score (nSPS) is 17.4. The van der Waals surface area contributed by atoms with Crippen molar-refractivity contribution >= 4 is 39.7 Å². The van der Waals surface area contributed by atoms with Crippen LogP contribution in [-0.2, 0) is 6.42 Å². The third-order valence-electron chi connectivity index (χ3n) is 5.12. The molecule has 0 bridgehead atoms. The van der Waals surface area contributed by atoms with Gasteiger partial charge in [0, 0.05) is 22.3 Å². The van der Waals surface area contributed by atoms with Crippen LogP contribution in [0, 0.1) is 24.0 Å². The molecular weight excluding hydrogens is 414 g/mol. The zero-order valence-corrected chi connectivity index (χ0v) is 17.6. The van der Waals surface area contributed by atoms with Gasteiger partial charge in [0.05, 0.1) is 16.7 Å². The lowest BCUT2D eigenvalue weighted by molar-refractivity contribution is -0.386. The molecule has 2 aliphatic rings. The molecule has 2 aromatic rings. The Kier molecular flexibility index (Phi) is 4.92. The van der Waals surface area contributed by atoms with Gasteiger partial charge in [-0.1, -0.05) is 11.6 Å². The van der Waals surface area contributed by atoms with Crippen molar-refractivity contribution in [2.45, 2.75) is 33.2 Å². The molecule has 1 atom stereocenters. The summed E-state index contributed by atoms with van der Waals surface area (Å²) in [5.74, 6) is 1.33. The number of rotatable bonds is 2. The Bertz CT molecular complexity index is 1060. The van der Waals surface area contributed by atoms with Crippen molar-refractivity contribution in [2.24, 2.45) is 5.10 Å². The summed E-state index contributed by atoms with van der Waals surface area (Å²) in [6.45, 7) is 5.60. The number of aryl methyl sites for hydroxylation is 2. The Labute approximate surface area is 178 Å². The number of nitrogens with zero attached hydrogens (tertiary/aromatic N) is 3. The van der Waals surface area contributed by atoms with Crippen LogP contribution in [0.4, 0.5) is 5.69 Å². The second-order valence-corrected chi connectivity index (χ2v) is 8.15. The molecule has 0 aliphatic carbocycles. The molecule has 0 saturated heterocycles. The van der Waals surface area contributed by atoms with E-state index in [1.807, 2.05) is 19.1 Å². The largest absolute Gasteiger partial charge is 0.454 e. The summed E-state index contributed by atoms with van der Waals surface area (Å²) in [5, 5.41) is 17.8. The average Bonchev–Trinajstić information content (AvgIpc) is 3.02. The number of fused-ring (bicyclic) bond motifs is 2. The van der Waals surface area contributed by atoms with Crippen LogP contribution in [0.5, 0.6) is 11.5 Å². The Morgan fingerprint density at radius 1 is 1.24 bits per heavy atom. The van der Waals surface area contributed by atoms with Gasteiger partial charge in [-0.2, -0.15) is 5.10 Å². The van der Waals surface area contributed by atoms with Crippen LogP contribution in [0.2, 0.25) is 0 Å². The van der Waals surface area contributed by atoms with Gasteiger partial charge in [-0.05, 0) is 69.2 Å². The average molecular weight is 432 g/mol. The number of hydrogen-bond donors (Lipinski definition) is 0. The van der Waals surface area contributed by atoms with Crippen molar-refractivity contribution in [3.63, 3.8) is 0 Å². The maximum atomic E-state index is 11.4. The molecule has 4 rings (SSSR count). The van der Waals surface area contributed by atoms with Gasteiger partial charge in [0.15, 0.2) is 15.9 Å². The second kappa shape index (κ2) is 7.27. The highest BCUT2D eigenvalue weighted by atomic mass is 35.5. The zero-order chi connectivity index (χ0) is 20.9. The zero-order valence-electron chi connectivity index (χ0n) is 16.1. The van der Waals surface area contributed by atoms with Gasteiger partial charge in [0.1, 0.15) is 0 Å². The molecule has 0 amide bonds. The number of hydrazone groups is 1. The minimum absolute atomic E-state index is 0.0723. The smallest absolute Gasteiger partial charge is 0.275 e. The number of nitro benzene ring substituents is 1. The summed E-state index contributed by atoms with van der Waals surface area (Å²) in [6.07, 6.45) is 0.650.